The van der Waals surface area contributed by atoms with Crippen molar-refractivity contribution < 1.29 is 8.78 Å². The molecule has 1 heterocycles. The topological polar surface area (TPSA) is 6.48 Å². The van der Waals surface area contributed by atoms with E-state index in [0.29, 0.717) is 0 Å². The summed E-state index contributed by atoms with van der Waals surface area (Å²) in [5.74, 6) is -0.529. The Bertz CT molecular complexity index is 596. The molecule has 0 fully saturated rings. The summed E-state index contributed by atoms with van der Waals surface area (Å²) >= 11 is 0. The van der Waals surface area contributed by atoms with E-state index in [2.05, 4.69) is 4.90 Å². The number of hydrogen-bond acceptors (Lipinski definition) is 2. The van der Waals surface area contributed by atoms with E-state index < -0.39 is 0 Å². The molecule has 0 unspecified atom stereocenters. The highest BCUT2D eigenvalue weighted by molar-refractivity contribution is 5.79. The Hall–Kier alpha value is -2.10. The van der Waals surface area contributed by atoms with Crippen LogP contribution in [0, 0.1) is 11.6 Å². The molecule has 0 radical (unpaired) electrons. The molecular weight excluding hydrogens is 246 g/mol. The zero-order valence-electron chi connectivity index (χ0n) is 10.6. The minimum Gasteiger partial charge on any atom is -0.371 e. The highest BCUT2D eigenvalue weighted by Crippen LogP contribution is 2.37. The van der Waals surface area contributed by atoms with Gasteiger partial charge in [0.25, 0.3) is 0 Å². The summed E-state index contributed by atoms with van der Waals surface area (Å²) in [5, 5.41) is 0. The van der Waals surface area contributed by atoms with Crippen LogP contribution in [0.3, 0.4) is 0 Å². The van der Waals surface area contributed by atoms with E-state index in [1.807, 2.05) is 11.9 Å². The van der Waals surface area contributed by atoms with Gasteiger partial charge < -0.3 is 9.80 Å². The van der Waals surface area contributed by atoms with Gasteiger partial charge in [0.05, 0.1) is 11.4 Å². The third-order valence-corrected chi connectivity index (χ3v) is 3.44. The minimum absolute atomic E-state index is 0.263. The highest BCUT2D eigenvalue weighted by Gasteiger charge is 2.21. The Morgan fingerprint density at radius 2 is 1.53 bits per heavy atom. The number of rotatable bonds is 1. The molecule has 3 rings (SSSR count). The molecule has 4 heteroatoms. The first-order valence-electron chi connectivity index (χ1n) is 6.19. The maximum Gasteiger partial charge on any atom is 0.125 e. The molecule has 0 aliphatic carbocycles. The van der Waals surface area contributed by atoms with Gasteiger partial charge in [0.15, 0.2) is 0 Å². The van der Waals surface area contributed by atoms with Crippen LogP contribution in [-0.4, -0.2) is 20.1 Å². The fourth-order valence-corrected chi connectivity index (χ4v) is 2.42. The Labute approximate surface area is 110 Å². The van der Waals surface area contributed by atoms with Crippen LogP contribution in [-0.2, 0) is 0 Å². The predicted octanol–water partition coefficient (Wildman–Crippen LogP) is 3.55. The molecule has 1 aliphatic rings. The van der Waals surface area contributed by atoms with Crippen LogP contribution in [0.2, 0.25) is 0 Å². The lowest BCUT2D eigenvalue weighted by Crippen LogP contribution is -2.36. The van der Waals surface area contributed by atoms with Crippen molar-refractivity contribution in [3.63, 3.8) is 0 Å². The lowest BCUT2D eigenvalue weighted by molar-refractivity contribution is 0.625. The van der Waals surface area contributed by atoms with Crippen molar-refractivity contribution in [1.29, 1.82) is 0 Å². The van der Waals surface area contributed by atoms with Crippen molar-refractivity contribution in [2.75, 3.05) is 29.9 Å². The number of likely N-dealkylation sites (N-methyl/N-ethyl adjacent to an activating group) is 1. The van der Waals surface area contributed by atoms with Crippen molar-refractivity contribution in [3.05, 3.63) is 54.1 Å². The maximum absolute atomic E-state index is 13.5. The van der Waals surface area contributed by atoms with Gasteiger partial charge in [-0.2, -0.15) is 0 Å². The van der Waals surface area contributed by atoms with Crippen LogP contribution in [0.5, 0.6) is 0 Å². The average molecular weight is 260 g/mol. The normalized spacial score (nSPS) is 14.5. The zero-order chi connectivity index (χ0) is 13.4. The molecule has 2 aromatic carbocycles. The zero-order valence-corrected chi connectivity index (χ0v) is 10.6. The predicted molar refractivity (Wildman–Crippen MR) is 73.1 cm³/mol. The van der Waals surface area contributed by atoms with Crippen molar-refractivity contribution in [1.82, 2.24) is 0 Å². The van der Waals surface area contributed by atoms with E-state index in [4.69, 9.17) is 0 Å². The molecule has 2 aromatic rings. The van der Waals surface area contributed by atoms with Crippen LogP contribution >= 0.6 is 0 Å². The van der Waals surface area contributed by atoms with E-state index in [-0.39, 0.29) is 11.6 Å². The Morgan fingerprint density at radius 3 is 2.26 bits per heavy atom. The quantitative estimate of drug-likeness (QED) is 0.773. The SMILES string of the molecule is CN1CCN(c2ccc(F)cc2)c2cc(F)ccc21. The summed E-state index contributed by atoms with van der Waals surface area (Å²) in [5.41, 5.74) is 2.68. The first kappa shape index (κ1) is 12.0. The van der Waals surface area contributed by atoms with Gasteiger partial charge in [0, 0.05) is 25.8 Å². The number of halogens is 2. The molecule has 1 aliphatic heterocycles. The number of benzene rings is 2. The summed E-state index contributed by atoms with van der Waals surface area (Å²) in [6.45, 7) is 1.59. The van der Waals surface area contributed by atoms with Gasteiger partial charge >= 0.3 is 0 Å². The minimum atomic E-state index is -0.266. The molecule has 2 nitrogen and oxygen atoms in total. The van der Waals surface area contributed by atoms with Gasteiger partial charge in [-0.25, -0.2) is 8.78 Å². The number of hydrogen-bond donors (Lipinski definition) is 0. The highest BCUT2D eigenvalue weighted by atomic mass is 19.1. The number of nitrogens with zero attached hydrogens (tertiary/aromatic N) is 2. The summed E-state index contributed by atoms with van der Waals surface area (Å²) in [6, 6.07) is 11.0. The van der Waals surface area contributed by atoms with Crippen LogP contribution in [0.1, 0.15) is 0 Å². The van der Waals surface area contributed by atoms with E-state index >= 15 is 0 Å². The summed E-state index contributed by atoms with van der Waals surface area (Å²) in [4.78, 5) is 4.10. The van der Waals surface area contributed by atoms with Gasteiger partial charge in [-0.1, -0.05) is 0 Å². The van der Waals surface area contributed by atoms with Crippen LogP contribution in [0.4, 0.5) is 25.8 Å². The Balaban J connectivity index is 2.07. The van der Waals surface area contributed by atoms with E-state index in [9.17, 15) is 8.78 Å². The second-order valence-electron chi connectivity index (χ2n) is 4.68. The lowest BCUT2D eigenvalue weighted by atomic mass is 10.1. The number of anilines is 3. The third kappa shape index (κ3) is 2.14. The molecule has 98 valence electrons. The molecule has 0 saturated carbocycles. The maximum atomic E-state index is 13.5. The lowest BCUT2D eigenvalue weighted by Gasteiger charge is -2.37. The van der Waals surface area contributed by atoms with E-state index in [0.717, 1.165) is 30.2 Å². The van der Waals surface area contributed by atoms with Gasteiger partial charge in [0.2, 0.25) is 0 Å². The van der Waals surface area contributed by atoms with Crippen LogP contribution < -0.4 is 9.80 Å². The second kappa shape index (κ2) is 4.53. The Kier molecular flexibility index (Phi) is 2.85. The molecule has 0 spiro atoms. The van der Waals surface area contributed by atoms with Crippen molar-refractivity contribution >= 4 is 17.1 Å². The Morgan fingerprint density at radius 1 is 0.842 bits per heavy atom. The largest absolute Gasteiger partial charge is 0.371 e. The fourth-order valence-electron chi connectivity index (χ4n) is 2.42. The first-order chi connectivity index (χ1) is 9.15. The molecule has 0 atom stereocenters. The summed E-state index contributed by atoms with van der Waals surface area (Å²) in [6.07, 6.45) is 0. The monoisotopic (exact) mass is 260 g/mol. The first-order valence-corrected chi connectivity index (χ1v) is 6.19. The van der Waals surface area contributed by atoms with Crippen molar-refractivity contribution in [2.45, 2.75) is 0 Å². The molecular formula is C15H14F2N2. The van der Waals surface area contributed by atoms with E-state index in [1.165, 1.54) is 24.3 Å². The molecule has 19 heavy (non-hydrogen) atoms. The van der Waals surface area contributed by atoms with Crippen molar-refractivity contribution in [3.8, 4) is 0 Å². The summed E-state index contributed by atoms with van der Waals surface area (Å²) in [7, 11) is 1.98. The molecule has 0 bridgehead atoms. The third-order valence-electron chi connectivity index (χ3n) is 3.44. The van der Waals surface area contributed by atoms with Crippen LogP contribution in [0.15, 0.2) is 42.5 Å². The fraction of sp³-hybridized carbons (Fsp3) is 0.200. The smallest absolute Gasteiger partial charge is 0.125 e. The molecule has 0 amide bonds. The van der Waals surface area contributed by atoms with Crippen molar-refractivity contribution in [2.24, 2.45) is 0 Å². The van der Waals surface area contributed by atoms with Gasteiger partial charge in [-0.15, -0.1) is 0 Å². The summed E-state index contributed by atoms with van der Waals surface area (Å²) < 4.78 is 26.5. The molecule has 0 N–H and O–H groups in total. The average Bonchev–Trinajstić information content (AvgIpc) is 2.40. The van der Waals surface area contributed by atoms with Crippen LogP contribution in [0.25, 0.3) is 0 Å². The van der Waals surface area contributed by atoms with Gasteiger partial charge in [-0.3, -0.25) is 0 Å². The van der Waals surface area contributed by atoms with E-state index in [1.54, 1.807) is 18.2 Å². The van der Waals surface area contributed by atoms with Gasteiger partial charge in [-0.05, 0) is 42.5 Å². The molecule has 0 aromatic heterocycles. The second-order valence-corrected chi connectivity index (χ2v) is 4.68. The number of fused-ring (bicyclic) bond motifs is 1. The standard InChI is InChI=1S/C15H14F2N2/c1-18-8-9-19(13-5-2-11(16)3-6-13)15-10-12(17)4-7-14(15)18/h2-7,10H,8-9H2,1H3. The molecule has 0 saturated heterocycles. The van der Waals surface area contributed by atoms with Gasteiger partial charge in [0.1, 0.15) is 11.6 Å².